The zero-order valence-corrected chi connectivity index (χ0v) is 10.0. The fourth-order valence-corrected chi connectivity index (χ4v) is 1.53. The van der Waals surface area contributed by atoms with Crippen LogP contribution in [0, 0.1) is 5.82 Å². The van der Waals surface area contributed by atoms with Gasteiger partial charge >= 0.3 is 0 Å². The molecule has 2 aromatic carbocycles. The molecular formula is C13H10ClFN2O. The van der Waals surface area contributed by atoms with Crippen molar-refractivity contribution in [1.82, 2.24) is 0 Å². The second-order valence-corrected chi connectivity index (χ2v) is 4.13. The molecule has 0 fully saturated rings. The summed E-state index contributed by atoms with van der Waals surface area (Å²) in [5.74, 6) is -1.02. The van der Waals surface area contributed by atoms with Gasteiger partial charge in [0, 0.05) is 16.3 Å². The minimum Gasteiger partial charge on any atom is -0.396 e. The molecule has 0 bridgehead atoms. The van der Waals surface area contributed by atoms with Crippen molar-refractivity contribution in [2.24, 2.45) is 0 Å². The largest absolute Gasteiger partial charge is 0.396 e. The summed E-state index contributed by atoms with van der Waals surface area (Å²) in [6.45, 7) is 0. The predicted octanol–water partition coefficient (Wildman–Crippen LogP) is 3.31. The third kappa shape index (κ3) is 2.78. The molecule has 92 valence electrons. The lowest BCUT2D eigenvalue weighted by molar-refractivity contribution is 0.102. The van der Waals surface area contributed by atoms with Gasteiger partial charge in [-0.3, -0.25) is 4.79 Å². The van der Waals surface area contributed by atoms with Crippen LogP contribution in [-0.2, 0) is 0 Å². The van der Waals surface area contributed by atoms with E-state index in [1.807, 2.05) is 0 Å². The second kappa shape index (κ2) is 5.06. The normalized spacial score (nSPS) is 10.1. The number of halogens is 2. The molecule has 0 aliphatic carbocycles. The van der Waals surface area contributed by atoms with Gasteiger partial charge in [0.1, 0.15) is 5.82 Å². The van der Waals surface area contributed by atoms with E-state index in [0.717, 1.165) is 6.07 Å². The summed E-state index contributed by atoms with van der Waals surface area (Å²) in [5.41, 5.74) is 6.14. The average Bonchev–Trinajstić information content (AvgIpc) is 2.35. The van der Waals surface area contributed by atoms with Gasteiger partial charge in [-0.05, 0) is 42.5 Å². The fraction of sp³-hybridized carbons (Fsp3) is 0. The Morgan fingerprint density at radius 2 is 1.83 bits per heavy atom. The van der Waals surface area contributed by atoms with Gasteiger partial charge in [0.05, 0.1) is 5.69 Å². The first-order valence-corrected chi connectivity index (χ1v) is 5.56. The third-order valence-electron chi connectivity index (χ3n) is 2.36. The highest BCUT2D eigenvalue weighted by Gasteiger charge is 2.08. The quantitative estimate of drug-likeness (QED) is 0.818. The van der Waals surface area contributed by atoms with Crippen LogP contribution in [0.25, 0.3) is 0 Å². The molecule has 0 saturated carbocycles. The highest BCUT2D eigenvalue weighted by Crippen LogP contribution is 2.16. The van der Waals surface area contributed by atoms with Crippen LogP contribution in [0.5, 0.6) is 0 Å². The number of nitrogens with one attached hydrogen (secondary N) is 1. The number of carbonyl (C=O) groups is 1. The Kier molecular flexibility index (Phi) is 3.48. The van der Waals surface area contributed by atoms with Crippen LogP contribution in [0.15, 0.2) is 42.5 Å². The Morgan fingerprint density at radius 1 is 1.17 bits per heavy atom. The lowest BCUT2D eigenvalue weighted by Gasteiger charge is -2.06. The molecule has 1 amide bonds. The number of amides is 1. The van der Waals surface area contributed by atoms with Gasteiger partial charge in [0.15, 0.2) is 0 Å². The summed E-state index contributed by atoms with van der Waals surface area (Å²) in [6, 6.07) is 10.5. The van der Waals surface area contributed by atoms with Crippen molar-refractivity contribution in [3.05, 3.63) is 58.9 Å². The predicted molar refractivity (Wildman–Crippen MR) is 70.2 cm³/mol. The SMILES string of the molecule is Nc1ccc(C(=O)Nc2ccc(Cl)cc2)cc1F. The van der Waals surface area contributed by atoms with Crippen molar-refractivity contribution in [2.75, 3.05) is 11.1 Å². The van der Waals surface area contributed by atoms with Crippen molar-refractivity contribution in [3.8, 4) is 0 Å². The highest BCUT2D eigenvalue weighted by atomic mass is 35.5. The summed E-state index contributed by atoms with van der Waals surface area (Å²) in [4.78, 5) is 11.8. The molecule has 0 spiro atoms. The van der Waals surface area contributed by atoms with E-state index in [1.165, 1.54) is 12.1 Å². The molecule has 0 radical (unpaired) electrons. The van der Waals surface area contributed by atoms with E-state index in [2.05, 4.69) is 5.32 Å². The molecule has 3 N–H and O–H groups in total. The van der Waals surface area contributed by atoms with Crippen molar-refractivity contribution >= 4 is 28.9 Å². The molecule has 3 nitrogen and oxygen atoms in total. The van der Waals surface area contributed by atoms with Crippen molar-refractivity contribution in [3.63, 3.8) is 0 Å². The monoisotopic (exact) mass is 264 g/mol. The molecule has 2 aromatic rings. The molecule has 5 heteroatoms. The van der Waals surface area contributed by atoms with Gasteiger partial charge in [-0.2, -0.15) is 0 Å². The number of nitrogen functional groups attached to an aromatic ring is 1. The molecule has 0 aliphatic rings. The maximum absolute atomic E-state index is 13.2. The van der Waals surface area contributed by atoms with E-state index in [1.54, 1.807) is 24.3 Å². The summed E-state index contributed by atoms with van der Waals surface area (Å²) in [5, 5.41) is 3.20. The van der Waals surface area contributed by atoms with Crippen LogP contribution in [0.3, 0.4) is 0 Å². The first kappa shape index (κ1) is 12.4. The van der Waals surface area contributed by atoms with E-state index in [4.69, 9.17) is 17.3 Å². The fourth-order valence-electron chi connectivity index (χ4n) is 1.40. The average molecular weight is 265 g/mol. The van der Waals surface area contributed by atoms with Crippen molar-refractivity contribution in [2.45, 2.75) is 0 Å². The number of nitrogens with two attached hydrogens (primary N) is 1. The van der Waals surface area contributed by atoms with E-state index >= 15 is 0 Å². The minimum atomic E-state index is -0.612. The van der Waals surface area contributed by atoms with Gasteiger partial charge < -0.3 is 11.1 Å². The van der Waals surface area contributed by atoms with E-state index in [9.17, 15) is 9.18 Å². The lowest BCUT2D eigenvalue weighted by Crippen LogP contribution is -2.12. The molecule has 18 heavy (non-hydrogen) atoms. The van der Waals surface area contributed by atoms with Crippen molar-refractivity contribution in [1.29, 1.82) is 0 Å². The summed E-state index contributed by atoms with van der Waals surface area (Å²) >= 11 is 5.73. The van der Waals surface area contributed by atoms with Crippen molar-refractivity contribution < 1.29 is 9.18 Å². The van der Waals surface area contributed by atoms with E-state index < -0.39 is 11.7 Å². The Labute approximate surface area is 108 Å². The zero-order valence-electron chi connectivity index (χ0n) is 9.28. The maximum atomic E-state index is 13.2. The molecule has 0 unspecified atom stereocenters. The number of anilines is 2. The van der Waals surface area contributed by atoms with Crippen LogP contribution < -0.4 is 11.1 Å². The van der Waals surface area contributed by atoms with Crippen LogP contribution in [-0.4, -0.2) is 5.91 Å². The third-order valence-corrected chi connectivity index (χ3v) is 2.62. The lowest BCUT2D eigenvalue weighted by atomic mass is 10.2. The van der Waals surface area contributed by atoms with Crippen LogP contribution >= 0.6 is 11.6 Å². The van der Waals surface area contributed by atoms with E-state index in [-0.39, 0.29) is 11.3 Å². The van der Waals surface area contributed by atoms with Crippen LogP contribution in [0.1, 0.15) is 10.4 Å². The smallest absolute Gasteiger partial charge is 0.255 e. The topological polar surface area (TPSA) is 55.1 Å². The van der Waals surface area contributed by atoms with Gasteiger partial charge in [0.25, 0.3) is 5.91 Å². The molecule has 0 atom stereocenters. The van der Waals surface area contributed by atoms with Gasteiger partial charge in [0.2, 0.25) is 0 Å². The molecular weight excluding hydrogens is 255 g/mol. The summed E-state index contributed by atoms with van der Waals surface area (Å²) in [7, 11) is 0. The highest BCUT2D eigenvalue weighted by molar-refractivity contribution is 6.30. The van der Waals surface area contributed by atoms with Gasteiger partial charge in [-0.15, -0.1) is 0 Å². The first-order valence-electron chi connectivity index (χ1n) is 5.18. The first-order chi connectivity index (χ1) is 8.56. The molecule has 0 aliphatic heterocycles. The molecule has 2 rings (SSSR count). The van der Waals surface area contributed by atoms with Gasteiger partial charge in [-0.1, -0.05) is 11.6 Å². The zero-order chi connectivity index (χ0) is 13.1. The maximum Gasteiger partial charge on any atom is 0.255 e. The molecule has 0 heterocycles. The molecule has 0 saturated heterocycles. The summed E-state index contributed by atoms with van der Waals surface area (Å²) < 4.78 is 13.2. The summed E-state index contributed by atoms with van der Waals surface area (Å²) in [6.07, 6.45) is 0. The van der Waals surface area contributed by atoms with E-state index in [0.29, 0.717) is 10.7 Å². The number of hydrogen-bond acceptors (Lipinski definition) is 2. The van der Waals surface area contributed by atoms with Crippen LogP contribution in [0.4, 0.5) is 15.8 Å². The number of benzene rings is 2. The van der Waals surface area contributed by atoms with Gasteiger partial charge in [-0.25, -0.2) is 4.39 Å². The Bertz CT molecular complexity index is 584. The molecule has 0 aromatic heterocycles. The second-order valence-electron chi connectivity index (χ2n) is 3.70. The van der Waals surface area contributed by atoms with Crippen LogP contribution in [0.2, 0.25) is 5.02 Å². The number of carbonyl (C=O) groups excluding carboxylic acids is 1. The standard InChI is InChI=1S/C13H10ClFN2O/c14-9-2-4-10(5-3-9)17-13(18)8-1-6-12(16)11(15)7-8/h1-7H,16H2,(H,17,18). The number of hydrogen-bond donors (Lipinski definition) is 2. The number of rotatable bonds is 2. The Balaban J connectivity index is 2.16. The Hall–Kier alpha value is -2.07. The Morgan fingerprint density at radius 3 is 2.44 bits per heavy atom. The minimum absolute atomic E-state index is 0.0121.